The van der Waals surface area contributed by atoms with Gasteiger partial charge in [-0.1, -0.05) is 91.0 Å². The van der Waals surface area contributed by atoms with Gasteiger partial charge in [-0.2, -0.15) is 0 Å². The van der Waals surface area contributed by atoms with Gasteiger partial charge in [0, 0.05) is 12.1 Å². The second-order valence-corrected chi connectivity index (χ2v) is 7.79. The zero-order chi connectivity index (χ0) is 16.6. The molecular formula is C21H21LiN2P+. The molecule has 4 heteroatoms. The fraction of sp³-hybridized carbons (Fsp3) is 0.0952. The van der Waals surface area contributed by atoms with E-state index in [1.54, 1.807) is 0 Å². The van der Waals surface area contributed by atoms with E-state index in [0.717, 1.165) is 18.3 Å². The third-order valence-corrected chi connectivity index (χ3v) is 6.30. The molecule has 120 valence electrons. The number of amidine groups is 1. The van der Waals surface area contributed by atoms with Crippen molar-refractivity contribution >= 4 is 24.4 Å². The Hall–Kier alpha value is -1.84. The van der Waals surface area contributed by atoms with E-state index < -0.39 is 7.92 Å². The Labute approximate surface area is 163 Å². The van der Waals surface area contributed by atoms with Gasteiger partial charge < -0.3 is 5.73 Å². The predicted molar refractivity (Wildman–Crippen MR) is 106 cm³/mol. The normalized spacial score (nSPS) is 11.2. The standard InChI is InChI=1S/C21H21N2P.Li/c22-21(18-10-4-1-5-11-18)23-16-17-24(19-12-6-2-7-13-19)20-14-8-3-9-15-20;/h1-15H,16-17H2,(H2,22,23);/q;+1. The molecule has 2 nitrogen and oxygen atoms in total. The average molecular weight is 339 g/mol. The summed E-state index contributed by atoms with van der Waals surface area (Å²) in [7, 11) is -0.413. The van der Waals surface area contributed by atoms with E-state index in [4.69, 9.17) is 5.73 Å². The minimum absolute atomic E-state index is 0. The quantitative estimate of drug-likeness (QED) is 0.303. The van der Waals surface area contributed by atoms with Crippen molar-refractivity contribution in [3.05, 3.63) is 96.6 Å². The molecule has 0 bridgehead atoms. The summed E-state index contributed by atoms with van der Waals surface area (Å²) in [5.41, 5.74) is 7.10. The summed E-state index contributed by atoms with van der Waals surface area (Å²) in [4.78, 5) is 4.60. The van der Waals surface area contributed by atoms with E-state index in [-0.39, 0.29) is 18.9 Å². The Morgan fingerprint density at radius 2 is 1.16 bits per heavy atom. The Morgan fingerprint density at radius 3 is 1.64 bits per heavy atom. The summed E-state index contributed by atoms with van der Waals surface area (Å²) >= 11 is 0. The molecule has 25 heavy (non-hydrogen) atoms. The third-order valence-electron chi connectivity index (χ3n) is 3.81. The van der Waals surface area contributed by atoms with Gasteiger partial charge in [0.25, 0.3) is 0 Å². The van der Waals surface area contributed by atoms with E-state index in [2.05, 4.69) is 65.7 Å². The van der Waals surface area contributed by atoms with E-state index in [1.165, 1.54) is 10.6 Å². The van der Waals surface area contributed by atoms with Gasteiger partial charge >= 0.3 is 18.9 Å². The topological polar surface area (TPSA) is 38.4 Å². The molecule has 0 amide bonds. The van der Waals surface area contributed by atoms with Gasteiger partial charge in [-0.25, -0.2) is 0 Å². The molecule has 0 heterocycles. The molecule has 0 aliphatic rings. The first kappa shape index (κ1) is 19.5. The molecule has 0 saturated carbocycles. The first-order valence-corrected chi connectivity index (χ1v) is 9.60. The van der Waals surface area contributed by atoms with Crippen LogP contribution in [-0.4, -0.2) is 18.5 Å². The van der Waals surface area contributed by atoms with E-state index in [9.17, 15) is 0 Å². The second-order valence-electron chi connectivity index (χ2n) is 5.46. The fourth-order valence-corrected chi connectivity index (χ4v) is 4.77. The Balaban J connectivity index is 0.00000225. The number of rotatable bonds is 6. The van der Waals surface area contributed by atoms with E-state index >= 15 is 0 Å². The summed E-state index contributed by atoms with van der Waals surface area (Å²) in [6, 6.07) is 31.3. The predicted octanol–water partition coefficient (Wildman–Crippen LogP) is 0.529. The smallest absolute Gasteiger partial charge is 0.384 e. The molecule has 0 radical (unpaired) electrons. The van der Waals surface area contributed by atoms with Crippen LogP contribution in [0, 0.1) is 0 Å². The van der Waals surface area contributed by atoms with Crippen molar-refractivity contribution in [2.45, 2.75) is 0 Å². The summed E-state index contributed by atoms with van der Waals surface area (Å²) in [6.45, 7) is 0.732. The van der Waals surface area contributed by atoms with Gasteiger partial charge in [0.2, 0.25) is 0 Å². The minimum Gasteiger partial charge on any atom is -0.384 e. The molecular weight excluding hydrogens is 318 g/mol. The van der Waals surface area contributed by atoms with Crippen LogP contribution in [0.4, 0.5) is 0 Å². The van der Waals surface area contributed by atoms with Crippen LogP contribution in [0.15, 0.2) is 96.0 Å². The zero-order valence-electron chi connectivity index (χ0n) is 14.5. The average Bonchev–Trinajstić information content (AvgIpc) is 2.67. The summed E-state index contributed by atoms with van der Waals surface area (Å²) < 4.78 is 0. The molecule has 2 N–H and O–H groups in total. The van der Waals surface area contributed by atoms with Crippen molar-refractivity contribution in [3.8, 4) is 0 Å². The maximum atomic E-state index is 6.12. The molecule has 0 aromatic heterocycles. The van der Waals surface area contributed by atoms with Crippen LogP contribution < -0.4 is 35.2 Å². The molecule has 0 aliphatic carbocycles. The second kappa shape index (κ2) is 10.2. The molecule has 0 unspecified atom stereocenters. The summed E-state index contributed by atoms with van der Waals surface area (Å²) in [5, 5.41) is 2.76. The maximum Gasteiger partial charge on any atom is 1.00 e. The number of aliphatic imine (C=N–C) groups is 1. The molecule has 0 fully saturated rings. The Morgan fingerprint density at radius 1 is 0.720 bits per heavy atom. The van der Waals surface area contributed by atoms with Crippen LogP contribution >= 0.6 is 7.92 Å². The largest absolute Gasteiger partial charge is 1.00 e. The van der Waals surface area contributed by atoms with E-state index in [0.29, 0.717) is 5.84 Å². The molecule has 0 saturated heterocycles. The van der Waals surface area contributed by atoms with Crippen LogP contribution in [0.1, 0.15) is 5.56 Å². The van der Waals surface area contributed by atoms with Crippen molar-refractivity contribution in [3.63, 3.8) is 0 Å². The third kappa shape index (κ3) is 5.58. The number of nitrogens with two attached hydrogens (primary N) is 1. The number of hydrogen-bond donors (Lipinski definition) is 1. The van der Waals surface area contributed by atoms with Crippen molar-refractivity contribution < 1.29 is 18.9 Å². The molecule has 3 rings (SSSR count). The summed E-state index contributed by atoms with van der Waals surface area (Å²) in [6.07, 6.45) is 0.997. The first-order chi connectivity index (χ1) is 11.8. The van der Waals surface area contributed by atoms with Gasteiger partial charge in [-0.3, -0.25) is 4.99 Å². The zero-order valence-corrected chi connectivity index (χ0v) is 15.4. The van der Waals surface area contributed by atoms with Crippen LogP contribution in [0.5, 0.6) is 0 Å². The van der Waals surface area contributed by atoms with Gasteiger partial charge in [0.15, 0.2) is 0 Å². The van der Waals surface area contributed by atoms with E-state index in [1.807, 2.05) is 30.3 Å². The Bertz CT molecular complexity index is 737. The Kier molecular flexibility index (Phi) is 7.96. The monoisotopic (exact) mass is 339 g/mol. The molecule has 0 atom stereocenters. The minimum atomic E-state index is -0.413. The van der Waals surface area contributed by atoms with Gasteiger partial charge in [-0.15, -0.1) is 0 Å². The molecule has 0 aliphatic heterocycles. The van der Waals surface area contributed by atoms with Gasteiger partial charge in [0.1, 0.15) is 5.84 Å². The van der Waals surface area contributed by atoms with Crippen LogP contribution in [0.2, 0.25) is 0 Å². The fourth-order valence-electron chi connectivity index (χ4n) is 2.59. The number of nitrogens with zero attached hydrogens (tertiary/aromatic N) is 1. The number of benzene rings is 3. The van der Waals surface area contributed by atoms with Gasteiger partial charge in [-0.05, 0) is 24.7 Å². The first-order valence-electron chi connectivity index (χ1n) is 8.07. The van der Waals surface area contributed by atoms with Crippen LogP contribution in [0.25, 0.3) is 0 Å². The maximum absolute atomic E-state index is 6.12. The molecule has 3 aromatic carbocycles. The van der Waals surface area contributed by atoms with Crippen molar-refractivity contribution in [2.75, 3.05) is 12.7 Å². The molecule has 0 spiro atoms. The SMILES string of the molecule is NC(=NCCP(c1ccccc1)c1ccccc1)c1ccccc1.[Li+]. The van der Waals surface area contributed by atoms with Crippen molar-refractivity contribution in [1.29, 1.82) is 0 Å². The van der Waals surface area contributed by atoms with Crippen molar-refractivity contribution in [2.24, 2.45) is 10.7 Å². The van der Waals surface area contributed by atoms with Crippen LogP contribution in [0.3, 0.4) is 0 Å². The summed E-state index contributed by atoms with van der Waals surface area (Å²) in [5.74, 6) is 0.617. The van der Waals surface area contributed by atoms with Gasteiger partial charge in [0.05, 0.1) is 0 Å². The molecule has 3 aromatic rings. The van der Waals surface area contributed by atoms with Crippen LogP contribution in [-0.2, 0) is 0 Å². The number of hydrogen-bond acceptors (Lipinski definition) is 1. The van der Waals surface area contributed by atoms with Crippen molar-refractivity contribution in [1.82, 2.24) is 0 Å².